The number of carbonyl (C=O) groups is 1. The van der Waals surface area contributed by atoms with Crippen molar-refractivity contribution in [2.24, 2.45) is 0 Å². The van der Waals surface area contributed by atoms with Gasteiger partial charge in [0, 0.05) is 19.0 Å². The minimum absolute atomic E-state index is 0.0300. The molecule has 0 aliphatic heterocycles. The highest BCUT2D eigenvalue weighted by Gasteiger charge is 2.24. The van der Waals surface area contributed by atoms with Gasteiger partial charge in [-0.1, -0.05) is 13.8 Å². The van der Waals surface area contributed by atoms with Crippen molar-refractivity contribution in [3.05, 3.63) is 23.2 Å². The maximum Gasteiger partial charge on any atom is 0.289 e. The van der Waals surface area contributed by atoms with E-state index in [1.165, 1.54) is 0 Å². The molecule has 4 nitrogen and oxygen atoms in total. The summed E-state index contributed by atoms with van der Waals surface area (Å²) < 4.78 is 5.66. The van der Waals surface area contributed by atoms with Crippen LogP contribution in [0.2, 0.25) is 0 Å². The van der Waals surface area contributed by atoms with Crippen LogP contribution in [0.15, 0.2) is 10.5 Å². The van der Waals surface area contributed by atoms with Gasteiger partial charge in [-0.05, 0) is 38.8 Å². The van der Waals surface area contributed by atoms with E-state index in [1.54, 1.807) is 11.8 Å². The highest BCUT2D eigenvalue weighted by Crippen LogP contribution is 2.19. The van der Waals surface area contributed by atoms with E-state index in [2.05, 4.69) is 0 Å². The van der Waals surface area contributed by atoms with Crippen LogP contribution in [0.3, 0.4) is 0 Å². The molecular formula is C15H25NO3. The smallest absolute Gasteiger partial charge is 0.289 e. The normalized spacial score (nSPS) is 12.8. The number of carbonyl (C=O) groups excluding carboxylic acids is 1. The predicted octanol–water partition coefficient (Wildman–Crippen LogP) is 2.64. The molecule has 0 saturated heterocycles. The van der Waals surface area contributed by atoms with Crippen molar-refractivity contribution in [2.75, 3.05) is 6.54 Å². The molecule has 1 rings (SSSR count). The van der Waals surface area contributed by atoms with Gasteiger partial charge in [-0.2, -0.15) is 0 Å². The summed E-state index contributed by atoms with van der Waals surface area (Å²) >= 11 is 0. The molecule has 1 atom stereocenters. The molecule has 108 valence electrons. The topological polar surface area (TPSA) is 53.7 Å². The van der Waals surface area contributed by atoms with Gasteiger partial charge in [0.25, 0.3) is 5.91 Å². The predicted molar refractivity (Wildman–Crippen MR) is 75.3 cm³/mol. The lowest BCUT2D eigenvalue weighted by atomic mass is 10.1. The van der Waals surface area contributed by atoms with E-state index < -0.39 is 6.10 Å². The Hall–Kier alpha value is -1.29. The van der Waals surface area contributed by atoms with Gasteiger partial charge in [0.05, 0.1) is 6.10 Å². The zero-order valence-corrected chi connectivity index (χ0v) is 12.6. The molecule has 1 N–H and O–H groups in total. The number of nitrogens with zero attached hydrogens (tertiary/aromatic N) is 1. The van der Waals surface area contributed by atoms with Crippen LogP contribution >= 0.6 is 0 Å². The molecule has 0 spiro atoms. The van der Waals surface area contributed by atoms with E-state index in [9.17, 15) is 9.90 Å². The summed E-state index contributed by atoms with van der Waals surface area (Å²) in [5, 5.41) is 9.50. The second kappa shape index (κ2) is 6.75. The summed E-state index contributed by atoms with van der Waals surface area (Å²) in [5.74, 6) is 1.11. The van der Waals surface area contributed by atoms with E-state index >= 15 is 0 Å². The lowest BCUT2D eigenvalue weighted by Crippen LogP contribution is -2.41. The molecule has 19 heavy (non-hydrogen) atoms. The van der Waals surface area contributed by atoms with Crippen molar-refractivity contribution in [1.29, 1.82) is 0 Å². The van der Waals surface area contributed by atoms with Gasteiger partial charge in [-0.25, -0.2) is 0 Å². The Bertz CT molecular complexity index is 400. The average molecular weight is 267 g/mol. The first-order chi connectivity index (χ1) is 8.90. The minimum Gasteiger partial charge on any atom is -0.456 e. The van der Waals surface area contributed by atoms with E-state index in [0.717, 1.165) is 24.2 Å². The Balaban J connectivity index is 2.99. The SMILES string of the molecule is CCc1cc(C(=O)N(CC(C)O)C(C)C)oc1CC. The molecule has 4 heteroatoms. The minimum atomic E-state index is -0.544. The molecular weight excluding hydrogens is 242 g/mol. The van der Waals surface area contributed by atoms with Crippen molar-refractivity contribution in [3.8, 4) is 0 Å². The van der Waals surface area contributed by atoms with Gasteiger partial charge in [0.2, 0.25) is 0 Å². The van der Waals surface area contributed by atoms with Gasteiger partial charge in [0.15, 0.2) is 5.76 Å². The van der Waals surface area contributed by atoms with Crippen LogP contribution in [0.5, 0.6) is 0 Å². The maximum absolute atomic E-state index is 12.4. The Kier molecular flexibility index (Phi) is 5.60. The molecule has 0 radical (unpaired) electrons. The second-order valence-electron chi connectivity index (χ2n) is 5.17. The maximum atomic E-state index is 12.4. The number of aliphatic hydroxyl groups is 1. The van der Waals surface area contributed by atoms with Crippen molar-refractivity contribution >= 4 is 5.91 Å². The average Bonchev–Trinajstić information content (AvgIpc) is 2.77. The molecule has 0 aliphatic rings. The first-order valence-corrected chi connectivity index (χ1v) is 7.01. The summed E-state index contributed by atoms with van der Waals surface area (Å²) in [4.78, 5) is 14.1. The molecule has 1 aromatic rings. The van der Waals surface area contributed by atoms with Gasteiger partial charge in [-0.3, -0.25) is 4.79 Å². The highest BCUT2D eigenvalue weighted by molar-refractivity contribution is 5.92. The summed E-state index contributed by atoms with van der Waals surface area (Å²) in [6, 6.07) is 1.86. The van der Waals surface area contributed by atoms with Crippen LogP contribution in [0.1, 0.15) is 56.5 Å². The van der Waals surface area contributed by atoms with Gasteiger partial charge < -0.3 is 14.4 Å². The second-order valence-corrected chi connectivity index (χ2v) is 5.17. The molecule has 0 bridgehead atoms. The molecule has 0 aliphatic carbocycles. The summed E-state index contributed by atoms with van der Waals surface area (Å²) in [6.07, 6.45) is 1.10. The van der Waals surface area contributed by atoms with Crippen molar-refractivity contribution < 1.29 is 14.3 Å². The van der Waals surface area contributed by atoms with E-state index in [-0.39, 0.29) is 11.9 Å². The van der Waals surface area contributed by atoms with Gasteiger partial charge in [-0.15, -0.1) is 0 Å². The third kappa shape index (κ3) is 3.83. The monoisotopic (exact) mass is 267 g/mol. The van der Waals surface area contributed by atoms with Crippen LogP contribution < -0.4 is 0 Å². The van der Waals surface area contributed by atoms with Crippen LogP contribution in [0.25, 0.3) is 0 Å². The standard InChI is InChI=1S/C15H25NO3/c1-6-12-8-14(19-13(12)7-2)15(18)16(10(3)4)9-11(5)17/h8,10-11,17H,6-7,9H2,1-5H3. The molecule has 1 amide bonds. The van der Waals surface area contributed by atoms with E-state index in [0.29, 0.717) is 12.3 Å². The van der Waals surface area contributed by atoms with Gasteiger partial charge in [0.1, 0.15) is 5.76 Å². The summed E-state index contributed by atoms with van der Waals surface area (Å²) in [7, 11) is 0. The first-order valence-electron chi connectivity index (χ1n) is 7.01. The number of rotatable bonds is 6. The van der Waals surface area contributed by atoms with Crippen molar-refractivity contribution in [1.82, 2.24) is 4.90 Å². The van der Waals surface area contributed by atoms with Crippen LogP contribution in [0.4, 0.5) is 0 Å². The number of furan rings is 1. The fourth-order valence-electron chi connectivity index (χ4n) is 2.12. The first kappa shape index (κ1) is 15.8. The molecule has 0 fully saturated rings. The zero-order chi connectivity index (χ0) is 14.6. The Morgan fingerprint density at radius 2 is 1.95 bits per heavy atom. The molecule has 0 saturated carbocycles. The fraction of sp³-hybridized carbons (Fsp3) is 0.667. The molecule has 1 heterocycles. The van der Waals surface area contributed by atoms with Crippen LogP contribution in [0, 0.1) is 0 Å². The number of hydrogen-bond donors (Lipinski definition) is 1. The van der Waals surface area contributed by atoms with Crippen molar-refractivity contribution in [3.63, 3.8) is 0 Å². The summed E-state index contributed by atoms with van der Waals surface area (Å²) in [5.41, 5.74) is 1.09. The number of aryl methyl sites for hydroxylation is 2. The lowest BCUT2D eigenvalue weighted by Gasteiger charge is -2.27. The number of amides is 1. The van der Waals surface area contributed by atoms with Crippen LogP contribution in [-0.4, -0.2) is 34.6 Å². The largest absolute Gasteiger partial charge is 0.456 e. The molecule has 0 aromatic carbocycles. The molecule has 1 unspecified atom stereocenters. The van der Waals surface area contributed by atoms with Gasteiger partial charge >= 0.3 is 0 Å². The fourth-order valence-corrected chi connectivity index (χ4v) is 2.12. The number of hydrogen-bond acceptors (Lipinski definition) is 3. The van der Waals surface area contributed by atoms with E-state index in [4.69, 9.17) is 4.42 Å². The highest BCUT2D eigenvalue weighted by atomic mass is 16.4. The Labute approximate surface area is 115 Å². The quantitative estimate of drug-likeness (QED) is 0.862. The van der Waals surface area contributed by atoms with Crippen molar-refractivity contribution in [2.45, 2.75) is 59.6 Å². The lowest BCUT2D eigenvalue weighted by molar-refractivity contribution is 0.0547. The summed E-state index contributed by atoms with van der Waals surface area (Å²) in [6.45, 7) is 9.94. The third-order valence-electron chi connectivity index (χ3n) is 3.15. The molecule has 1 aromatic heterocycles. The number of aliphatic hydroxyl groups excluding tert-OH is 1. The van der Waals surface area contributed by atoms with Crippen LogP contribution in [-0.2, 0) is 12.8 Å². The third-order valence-corrected chi connectivity index (χ3v) is 3.15. The Morgan fingerprint density at radius 1 is 1.32 bits per heavy atom. The Morgan fingerprint density at radius 3 is 2.32 bits per heavy atom. The van der Waals surface area contributed by atoms with E-state index in [1.807, 2.05) is 33.8 Å². The zero-order valence-electron chi connectivity index (χ0n) is 12.6.